The van der Waals surface area contributed by atoms with Gasteiger partial charge in [-0.05, 0) is 17.9 Å². The molecule has 5 heteroatoms. The Hall–Kier alpha value is -1.36. The topological polar surface area (TPSA) is 39.1 Å². The largest absolute Gasteiger partial charge is 0.373 e. The van der Waals surface area contributed by atoms with Crippen LogP contribution in [-0.2, 0) is 18.3 Å². The summed E-state index contributed by atoms with van der Waals surface area (Å²) in [5.74, 6) is 0.859. The Bertz CT molecular complexity index is 669. The molecule has 0 bridgehead atoms. The van der Waals surface area contributed by atoms with Gasteiger partial charge in [-0.2, -0.15) is 5.10 Å². The first-order chi connectivity index (χ1) is 11.6. The quantitative estimate of drug-likeness (QED) is 0.856. The summed E-state index contributed by atoms with van der Waals surface area (Å²) in [6, 6.07) is 10.5. The van der Waals surface area contributed by atoms with E-state index < -0.39 is 0 Å². The Kier molecular flexibility index (Phi) is 5.59. The summed E-state index contributed by atoms with van der Waals surface area (Å²) in [6.07, 6.45) is 1.28. The molecule has 130 valence electrons. The summed E-state index contributed by atoms with van der Waals surface area (Å²) in [5, 5.41) is 8.85. The van der Waals surface area contributed by atoms with E-state index in [4.69, 9.17) is 16.3 Å². The van der Waals surface area contributed by atoms with Crippen molar-refractivity contribution in [3.05, 3.63) is 52.3 Å². The summed E-state index contributed by atoms with van der Waals surface area (Å²) in [6.45, 7) is 6.80. The zero-order chi connectivity index (χ0) is 17.1. The smallest absolute Gasteiger partial charge is 0.131 e. The minimum atomic E-state index is 0.188. The molecule has 0 spiro atoms. The third kappa shape index (κ3) is 3.66. The van der Waals surface area contributed by atoms with Gasteiger partial charge in [0.25, 0.3) is 0 Å². The molecule has 1 fully saturated rings. The Morgan fingerprint density at radius 3 is 2.79 bits per heavy atom. The summed E-state index contributed by atoms with van der Waals surface area (Å²) in [7, 11) is 1.90. The van der Waals surface area contributed by atoms with Crippen molar-refractivity contribution in [2.24, 2.45) is 13.0 Å². The van der Waals surface area contributed by atoms with Crippen molar-refractivity contribution in [1.29, 1.82) is 0 Å². The summed E-state index contributed by atoms with van der Waals surface area (Å²) < 4.78 is 7.72. The van der Waals surface area contributed by atoms with Crippen LogP contribution < -0.4 is 5.32 Å². The molecule has 1 aromatic carbocycles. The average Bonchev–Trinajstić information content (AvgIpc) is 3.15. The van der Waals surface area contributed by atoms with Gasteiger partial charge in [0.2, 0.25) is 0 Å². The van der Waals surface area contributed by atoms with Crippen LogP contribution >= 0.6 is 11.6 Å². The van der Waals surface area contributed by atoms with Crippen LogP contribution in [0.25, 0.3) is 0 Å². The first kappa shape index (κ1) is 17.5. The molecule has 3 rings (SSSR count). The number of hydrogen-bond donors (Lipinski definition) is 1. The molecule has 4 nitrogen and oxygen atoms in total. The molecule has 0 amide bonds. The molecule has 1 N–H and O–H groups in total. The van der Waals surface area contributed by atoms with Crippen LogP contribution in [0.2, 0.25) is 5.15 Å². The number of aryl methyl sites for hydroxylation is 1. The normalized spacial score (nSPS) is 20.9. The monoisotopic (exact) mass is 347 g/mol. The number of nitrogens with zero attached hydrogens (tertiary/aromatic N) is 2. The molecule has 2 heterocycles. The highest BCUT2D eigenvalue weighted by Crippen LogP contribution is 2.34. The van der Waals surface area contributed by atoms with Gasteiger partial charge in [0.1, 0.15) is 5.15 Å². The molecule has 1 saturated heterocycles. The van der Waals surface area contributed by atoms with Crippen LogP contribution in [0.4, 0.5) is 0 Å². The van der Waals surface area contributed by atoms with E-state index in [9.17, 15) is 0 Å². The van der Waals surface area contributed by atoms with E-state index >= 15 is 0 Å². The first-order valence-electron chi connectivity index (χ1n) is 8.66. The number of aromatic nitrogens is 2. The maximum atomic E-state index is 6.41. The number of rotatable bonds is 6. The van der Waals surface area contributed by atoms with Crippen molar-refractivity contribution in [2.45, 2.75) is 38.8 Å². The van der Waals surface area contributed by atoms with Crippen LogP contribution in [-0.4, -0.2) is 22.9 Å². The van der Waals surface area contributed by atoms with Gasteiger partial charge in [-0.15, -0.1) is 0 Å². The zero-order valence-electron chi connectivity index (χ0n) is 14.6. The molecule has 0 unspecified atom stereocenters. The van der Waals surface area contributed by atoms with Crippen molar-refractivity contribution in [3.63, 3.8) is 0 Å². The minimum Gasteiger partial charge on any atom is -0.373 e. The van der Waals surface area contributed by atoms with E-state index in [1.54, 1.807) is 4.68 Å². The van der Waals surface area contributed by atoms with E-state index in [0.717, 1.165) is 42.5 Å². The molecule has 0 radical (unpaired) electrons. The van der Waals surface area contributed by atoms with Gasteiger partial charge < -0.3 is 10.1 Å². The molecule has 1 aliphatic rings. The number of halogens is 1. The SMILES string of the molecule is CC(C)c1nn(C)c(Cl)c1CNC[C@H]1CCO[C@@H]1c1ccccc1. The van der Waals surface area contributed by atoms with Gasteiger partial charge in [0, 0.05) is 38.2 Å². The van der Waals surface area contributed by atoms with Crippen LogP contribution in [0.3, 0.4) is 0 Å². The summed E-state index contributed by atoms with van der Waals surface area (Å²) in [5.41, 5.74) is 3.46. The fraction of sp³-hybridized carbons (Fsp3) is 0.526. The molecule has 0 aliphatic carbocycles. The molecule has 2 aromatic rings. The second-order valence-electron chi connectivity index (χ2n) is 6.81. The molecule has 1 aliphatic heterocycles. The van der Waals surface area contributed by atoms with Crippen LogP contribution in [0.5, 0.6) is 0 Å². The number of hydrogen-bond acceptors (Lipinski definition) is 3. The van der Waals surface area contributed by atoms with Gasteiger partial charge >= 0.3 is 0 Å². The van der Waals surface area contributed by atoms with Crippen molar-refractivity contribution >= 4 is 11.6 Å². The van der Waals surface area contributed by atoms with Gasteiger partial charge in [-0.25, -0.2) is 0 Å². The summed E-state index contributed by atoms with van der Waals surface area (Å²) >= 11 is 6.41. The van der Waals surface area contributed by atoms with E-state index in [1.165, 1.54) is 5.56 Å². The standard InChI is InChI=1S/C19H26ClN3O/c1-13(2)17-16(19(20)23(3)22-17)12-21-11-15-9-10-24-18(15)14-7-5-4-6-8-14/h4-8,13,15,18,21H,9-12H2,1-3H3/t15-,18-/m1/s1. The molecule has 1 aromatic heterocycles. The van der Waals surface area contributed by atoms with E-state index in [0.29, 0.717) is 11.8 Å². The lowest BCUT2D eigenvalue weighted by Crippen LogP contribution is -2.25. The number of ether oxygens (including phenoxy) is 1. The molecule has 2 atom stereocenters. The first-order valence-corrected chi connectivity index (χ1v) is 9.04. The number of nitrogens with one attached hydrogen (secondary N) is 1. The van der Waals surface area contributed by atoms with Crippen LogP contribution in [0, 0.1) is 5.92 Å². The second kappa shape index (κ2) is 7.68. The van der Waals surface area contributed by atoms with Crippen LogP contribution in [0.15, 0.2) is 30.3 Å². The fourth-order valence-electron chi connectivity index (χ4n) is 3.43. The molecular weight excluding hydrogens is 322 g/mol. The van der Waals surface area contributed by atoms with E-state index in [2.05, 4.69) is 48.5 Å². The van der Waals surface area contributed by atoms with Gasteiger partial charge in [-0.3, -0.25) is 4.68 Å². The highest BCUT2D eigenvalue weighted by atomic mass is 35.5. The van der Waals surface area contributed by atoms with Gasteiger partial charge in [-0.1, -0.05) is 55.8 Å². The summed E-state index contributed by atoms with van der Waals surface area (Å²) in [4.78, 5) is 0. The molecule has 24 heavy (non-hydrogen) atoms. The zero-order valence-corrected chi connectivity index (χ0v) is 15.4. The lowest BCUT2D eigenvalue weighted by atomic mass is 9.95. The molecule has 0 saturated carbocycles. The lowest BCUT2D eigenvalue weighted by Gasteiger charge is -2.19. The van der Waals surface area contributed by atoms with E-state index in [-0.39, 0.29) is 6.10 Å². The third-order valence-corrected chi connectivity index (χ3v) is 5.17. The predicted octanol–water partition coefficient (Wildman–Crippen LogP) is 4.06. The van der Waals surface area contributed by atoms with Crippen molar-refractivity contribution in [3.8, 4) is 0 Å². The second-order valence-corrected chi connectivity index (χ2v) is 7.17. The molecular formula is C19H26ClN3O. The van der Waals surface area contributed by atoms with Crippen molar-refractivity contribution in [1.82, 2.24) is 15.1 Å². The fourth-order valence-corrected chi connectivity index (χ4v) is 3.63. The average molecular weight is 348 g/mol. The van der Waals surface area contributed by atoms with Crippen LogP contribution in [0.1, 0.15) is 49.1 Å². The van der Waals surface area contributed by atoms with Gasteiger partial charge in [0.15, 0.2) is 0 Å². The Balaban J connectivity index is 1.62. The highest BCUT2D eigenvalue weighted by molar-refractivity contribution is 6.30. The maximum Gasteiger partial charge on any atom is 0.131 e. The van der Waals surface area contributed by atoms with Crippen molar-refractivity contribution in [2.75, 3.05) is 13.2 Å². The minimum absolute atomic E-state index is 0.188. The van der Waals surface area contributed by atoms with E-state index in [1.807, 2.05) is 13.1 Å². The third-order valence-electron chi connectivity index (χ3n) is 4.70. The Morgan fingerprint density at radius 1 is 1.33 bits per heavy atom. The highest BCUT2D eigenvalue weighted by Gasteiger charge is 2.29. The maximum absolute atomic E-state index is 6.41. The van der Waals surface area contributed by atoms with Gasteiger partial charge in [0.05, 0.1) is 11.8 Å². The lowest BCUT2D eigenvalue weighted by molar-refractivity contribution is 0.0904. The Labute approximate surface area is 149 Å². The predicted molar refractivity (Wildman–Crippen MR) is 97.3 cm³/mol. The van der Waals surface area contributed by atoms with Crippen molar-refractivity contribution < 1.29 is 4.74 Å². The Morgan fingerprint density at radius 2 is 2.08 bits per heavy atom. The number of benzene rings is 1.